The van der Waals surface area contributed by atoms with Crippen LogP contribution in [0.2, 0.25) is 10.0 Å². The molecule has 19 heavy (non-hydrogen) atoms. The zero-order valence-corrected chi connectivity index (χ0v) is 12.4. The molecule has 1 heterocycles. The van der Waals surface area contributed by atoms with Crippen molar-refractivity contribution in [2.75, 3.05) is 19.5 Å². The van der Waals surface area contributed by atoms with Crippen molar-refractivity contribution >= 4 is 55.5 Å². The Morgan fingerprint density at radius 3 is 2.47 bits per heavy atom. The molecule has 1 amide bonds. The number of nitrogens with two attached hydrogens (primary N) is 1. The van der Waals surface area contributed by atoms with Crippen molar-refractivity contribution < 1.29 is 15.0 Å². The standard InChI is InChI=1S/C10H8Cl2N2O2S.CH4O/c1-14-10-5(9(13)16)3-2-4(11)7(15)6(12)8(3)17-10;1-2/h2,14-15H,1H3,(H2,13,16);2H,1H3. The van der Waals surface area contributed by atoms with Gasteiger partial charge in [-0.05, 0) is 6.07 Å². The molecule has 5 nitrogen and oxygen atoms in total. The second kappa shape index (κ2) is 6.29. The topological polar surface area (TPSA) is 95.6 Å². The molecule has 0 bridgehead atoms. The van der Waals surface area contributed by atoms with E-state index in [1.807, 2.05) is 0 Å². The highest BCUT2D eigenvalue weighted by Crippen LogP contribution is 2.45. The Hall–Kier alpha value is -1.21. The lowest BCUT2D eigenvalue weighted by Gasteiger charge is -2.02. The molecule has 0 aliphatic carbocycles. The lowest BCUT2D eigenvalue weighted by molar-refractivity contribution is 0.100. The van der Waals surface area contributed by atoms with Crippen LogP contribution in [0.15, 0.2) is 6.07 Å². The zero-order chi connectivity index (χ0) is 14.7. The van der Waals surface area contributed by atoms with Crippen LogP contribution in [0.25, 0.3) is 10.1 Å². The molecule has 0 spiro atoms. The Labute approximate surface area is 123 Å². The first-order chi connectivity index (χ1) is 8.97. The minimum Gasteiger partial charge on any atom is -0.505 e. The summed E-state index contributed by atoms with van der Waals surface area (Å²) < 4.78 is 0.576. The van der Waals surface area contributed by atoms with E-state index >= 15 is 0 Å². The van der Waals surface area contributed by atoms with E-state index in [0.717, 1.165) is 7.11 Å². The first-order valence-corrected chi connectivity index (χ1v) is 6.60. The van der Waals surface area contributed by atoms with Gasteiger partial charge in [0, 0.05) is 19.5 Å². The lowest BCUT2D eigenvalue weighted by atomic mass is 10.1. The molecule has 0 radical (unpaired) electrons. The summed E-state index contributed by atoms with van der Waals surface area (Å²) in [7, 11) is 2.67. The Balaban J connectivity index is 0.000000861. The molecule has 0 saturated heterocycles. The van der Waals surface area contributed by atoms with E-state index in [9.17, 15) is 9.90 Å². The molecule has 2 rings (SSSR count). The molecule has 0 saturated carbocycles. The number of aliphatic hydroxyl groups excluding tert-OH is 1. The number of hydrogen-bond donors (Lipinski definition) is 4. The number of phenolic OH excluding ortho intramolecular Hbond substituents is 1. The molecular weight excluding hydrogens is 311 g/mol. The van der Waals surface area contributed by atoms with E-state index in [1.54, 1.807) is 7.05 Å². The summed E-state index contributed by atoms with van der Waals surface area (Å²) in [6, 6.07) is 1.48. The van der Waals surface area contributed by atoms with Gasteiger partial charge in [0.25, 0.3) is 5.91 Å². The Bertz CT molecular complexity index is 628. The lowest BCUT2D eigenvalue weighted by Crippen LogP contribution is -2.12. The number of anilines is 1. The minimum absolute atomic E-state index is 0.0884. The van der Waals surface area contributed by atoms with Crippen molar-refractivity contribution in [3.05, 3.63) is 21.7 Å². The van der Waals surface area contributed by atoms with E-state index in [1.165, 1.54) is 17.4 Å². The fraction of sp³-hybridized carbons (Fsp3) is 0.182. The van der Waals surface area contributed by atoms with Crippen LogP contribution in [0, 0.1) is 0 Å². The van der Waals surface area contributed by atoms with Crippen LogP contribution >= 0.6 is 34.5 Å². The Kier molecular flexibility index (Phi) is 5.25. The van der Waals surface area contributed by atoms with Crippen LogP contribution in [0.1, 0.15) is 10.4 Å². The highest BCUT2D eigenvalue weighted by molar-refractivity contribution is 7.24. The van der Waals surface area contributed by atoms with E-state index in [0.29, 0.717) is 20.7 Å². The van der Waals surface area contributed by atoms with E-state index in [2.05, 4.69) is 5.32 Å². The quantitative estimate of drug-likeness (QED) is 0.683. The van der Waals surface area contributed by atoms with Gasteiger partial charge >= 0.3 is 0 Å². The molecule has 104 valence electrons. The SMILES string of the molecule is CNc1sc2c(Cl)c(O)c(Cl)cc2c1C(N)=O.CO. The maximum Gasteiger partial charge on any atom is 0.252 e. The number of carbonyl (C=O) groups is 1. The number of rotatable bonds is 2. The maximum absolute atomic E-state index is 11.4. The van der Waals surface area contributed by atoms with Gasteiger partial charge in [-0.15, -0.1) is 11.3 Å². The number of carbonyl (C=O) groups excluding carboxylic acids is 1. The molecular formula is C11H12Cl2N2O3S. The maximum atomic E-state index is 11.4. The van der Waals surface area contributed by atoms with Gasteiger partial charge in [0.1, 0.15) is 10.0 Å². The van der Waals surface area contributed by atoms with Crippen molar-refractivity contribution in [3.63, 3.8) is 0 Å². The fourth-order valence-electron chi connectivity index (χ4n) is 1.57. The molecule has 1 aromatic heterocycles. The highest BCUT2D eigenvalue weighted by atomic mass is 35.5. The van der Waals surface area contributed by atoms with E-state index in [4.69, 9.17) is 34.0 Å². The first kappa shape index (κ1) is 15.8. The summed E-state index contributed by atoms with van der Waals surface area (Å²) in [5, 5.41) is 20.8. The number of halogens is 2. The number of aromatic hydroxyl groups is 1. The average molecular weight is 323 g/mol. The van der Waals surface area contributed by atoms with Crippen molar-refractivity contribution in [2.45, 2.75) is 0 Å². The third-order valence-electron chi connectivity index (χ3n) is 2.32. The van der Waals surface area contributed by atoms with E-state index < -0.39 is 5.91 Å². The first-order valence-electron chi connectivity index (χ1n) is 5.03. The van der Waals surface area contributed by atoms with Crippen molar-refractivity contribution in [1.29, 1.82) is 0 Å². The van der Waals surface area contributed by atoms with Crippen molar-refractivity contribution in [1.82, 2.24) is 0 Å². The Morgan fingerprint density at radius 2 is 2.00 bits per heavy atom. The number of primary amides is 1. The Morgan fingerprint density at radius 1 is 1.42 bits per heavy atom. The summed E-state index contributed by atoms with van der Waals surface area (Å²) in [5.41, 5.74) is 5.65. The molecule has 0 fully saturated rings. The third-order valence-corrected chi connectivity index (χ3v) is 4.33. The van der Waals surface area contributed by atoms with Crippen molar-refractivity contribution in [2.24, 2.45) is 5.73 Å². The predicted octanol–water partition coefficient (Wildman–Crippen LogP) is 2.66. The van der Waals surface area contributed by atoms with Crippen LogP contribution in [0.3, 0.4) is 0 Å². The van der Waals surface area contributed by atoms with Crippen LogP contribution in [0.5, 0.6) is 5.75 Å². The van der Waals surface area contributed by atoms with Gasteiger partial charge in [-0.1, -0.05) is 23.2 Å². The summed E-state index contributed by atoms with van der Waals surface area (Å²) in [6.45, 7) is 0. The van der Waals surface area contributed by atoms with Gasteiger partial charge in [-0.2, -0.15) is 0 Å². The number of fused-ring (bicyclic) bond motifs is 1. The molecule has 0 aliphatic rings. The van der Waals surface area contributed by atoms with Crippen LogP contribution in [0.4, 0.5) is 5.00 Å². The monoisotopic (exact) mass is 322 g/mol. The van der Waals surface area contributed by atoms with E-state index in [-0.39, 0.29) is 15.8 Å². The molecule has 1 aromatic carbocycles. The second-order valence-corrected chi connectivity index (χ2v) is 5.12. The number of amides is 1. The molecule has 0 aliphatic heterocycles. The zero-order valence-electron chi connectivity index (χ0n) is 10.1. The molecule has 5 N–H and O–H groups in total. The second-order valence-electron chi connectivity index (χ2n) is 3.32. The summed E-state index contributed by atoms with van der Waals surface area (Å²) in [5.74, 6) is -0.765. The smallest absolute Gasteiger partial charge is 0.252 e. The number of aliphatic hydroxyl groups is 1. The summed E-state index contributed by atoms with van der Waals surface area (Å²) in [6.07, 6.45) is 0. The predicted molar refractivity (Wildman–Crippen MR) is 79.7 cm³/mol. The molecule has 0 unspecified atom stereocenters. The fourth-order valence-corrected chi connectivity index (χ4v) is 3.22. The van der Waals surface area contributed by atoms with Gasteiger partial charge in [-0.3, -0.25) is 4.79 Å². The molecule has 8 heteroatoms. The van der Waals surface area contributed by atoms with Crippen LogP contribution in [-0.2, 0) is 0 Å². The van der Waals surface area contributed by atoms with Gasteiger partial charge in [-0.25, -0.2) is 0 Å². The van der Waals surface area contributed by atoms with Crippen LogP contribution < -0.4 is 11.1 Å². The van der Waals surface area contributed by atoms with Crippen LogP contribution in [-0.4, -0.2) is 30.3 Å². The molecule has 2 aromatic rings. The van der Waals surface area contributed by atoms with Gasteiger partial charge in [0.15, 0.2) is 5.75 Å². The normalized spacial score (nSPS) is 9.95. The number of phenols is 1. The van der Waals surface area contributed by atoms with Gasteiger partial charge in [0.05, 0.1) is 15.3 Å². The molecule has 0 atom stereocenters. The largest absolute Gasteiger partial charge is 0.505 e. The number of nitrogens with one attached hydrogen (secondary N) is 1. The number of benzene rings is 1. The number of hydrogen-bond acceptors (Lipinski definition) is 5. The summed E-state index contributed by atoms with van der Waals surface area (Å²) in [4.78, 5) is 11.4. The highest BCUT2D eigenvalue weighted by Gasteiger charge is 2.21. The summed E-state index contributed by atoms with van der Waals surface area (Å²) >= 11 is 13.0. The third kappa shape index (κ3) is 2.71. The van der Waals surface area contributed by atoms with Gasteiger partial charge in [0.2, 0.25) is 0 Å². The number of thiophene rings is 1. The van der Waals surface area contributed by atoms with Gasteiger partial charge < -0.3 is 21.3 Å². The van der Waals surface area contributed by atoms with Crippen molar-refractivity contribution in [3.8, 4) is 5.75 Å². The average Bonchev–Trinajstić information content (AvgIpc) is 2.77. The minimum atomic E-state index is -0.571.